The van der Waals surface area contributed by atoms with Gasteiger partial charge in [0.05, 0.1) is 30.4 Å². The summed E-state index contributed by atoms with van der Waals surface area (Å²) in [5.74, 6) is -1.03. The molecule has 2 atom stereocenters. The third kappa shape index (κ3) is 3.56. The van der Waals surface area contributed by atoms with Crippen LogP contribution in [0.5, 0.6) is 0 Å². The maximum Gasteiger partial charge on any atom is 0.231 e. The molecular formula is C17H23FN2O4S. The molecule has 0 unspecified atom stereocenters. The molecular weight excluding hydrogens is 347 g/mol. The van der Waals surface area contributed by atoms with Crippen molar-refractivity contribution in [1.82, 2.24) is 9.62 Å². The quantitative estimate of drug-likeness (QED) is 0.807. The molecule has 6 nitrogen and oxygen atoms in total. The van der Waals surface area contributed by atoms with Gasteiger partial charge in [-0.3, -0.25) is 4.79 Å². The van der Waals surface area contributed by atoms with Crippen LogP contribution in [0.25, 0.3) is 0 Å². The second kappa shape index (κ2) is 6.66. The lowest BCUT2D eigenvalue weighted by Gasteiger charge is -2.24. The number of hydrogen-bond acceptors (Lipinski definition) is 4. The van der Waals surface area contributed by atoms with E-state index in [4.69, 9.17) is 4.74 Å². The van der Waals surface area contributed by atoms with Crippen LogP contribution < -0.4 is 5.32 Å². The van der Waals surface area contributed by atoms with Crippen LogP contribution in [0.3, 0.4) is 0 Å². The van der Waals surface area contributed by atoms with Crippen LogP contribution in [0.4, 0.5) is 4.39 Å². The third-order valence-electron chi connectivity index (χ3n) is 5.07. The lowest BCUT2D eigenvalue weighted by atomic mass is 9.93. The van der Waals surface area contributed by atoms with E-state index in [9.17, 15) is 17.6 Å². The first kappa shape index (κ1) is 18.3. The summed E-state index contributed by atoms with van der Waals surface area (Å²) in [6, 6.07) is 5.93. The van der Waals surface area contributed by atoms with E-state index < -0.39 is 15.4 Å². The summed E-state index contributed by atoms with van der Waals surface area (Å²) < 4.78 is 44.9. The van der Waals surface area contributed by atoms with Gasteiger partial charge in [0.15, 0.2) is 0 Å². The van der Waals surface area contributed by atoms with Crippen molar-refractivity contribution in [3.05, 3.63) is 35.6 Å². The van der Waals surface area contributed by atoms with Gasteiger partial charge in [0.1, 0.15) is 5.82 Å². The molecule has 1 aliphatic heterocycles. The van der Waals surface area contributed by atoms with Crippen molar-refractivity contribution in [2.45, 2.75) is 24.3 Å². The highest BCUT2D eigenvalue weighted by molar-refractivity contribution is 7.89. The molecule has 1 aliphatic carbocycles. The van der Waals surface area contributed by atoms with Crippen molar-refractivity contribution >= 4 is 15.9 Å². The zero-order valence-electron chi connectivity index (χ0n) is 14.4. The first-order valence-electron chi connectivity index (χ1n) is 8.30. The van der Waals surface area contributed by atoms with Crippen LogP contribution in [0.15, 0.2) is 24.3 Å². The van der Waals surface area contributed by atoms with Gasteiger partial charge in [-0.1, -0.05) is 18.2 Å². The number of sulfonamides is 1. The van der Waals surface area contributed by atoms with E-state index in [-0.39, 0.29) is 42.7 Å². The fourth-order valence-corrected chi connectivity index (χ4v) is 4.41. The fraction of sp³-hybridized carbons (Fsp3) is 0.588. The number of nitrogens with one attached hydrogen (secondary N) is 1. The number of rotatable bonds is 6. The van der Waals surface area contributed by atoms with Crippen LogP contribution in [-0.2, 0) is 25.0 Å². The van der Waals surface area contributed by atoms with Gasteiger partial charge in [-0.25, -0.2) is 17.1 Å². The van der Waals surface area contributed by atoms with Crippen LogP contribution in [0.1, 0.15) is 18.4 Å². The van der Waals surface area contributed by atoms with E-state index >= 15 is 0 Å². The minimum atomic E-state index is -3.39. The summed E-state index contributed by atoms with van der Waals surface area (Å²) in [6.45, 7) is 0.553. The molecule has 25 heavy (non-hydrogen) atoms. The maximum atomic E-state index is 14.1. The smallest absolute Gasteiger partial charge is 0.231 e. The molecule has 8 heteroatoms. The minimum absolute atomic E-state index is 0.0857. The number of nitrogens with zero attached hydrogens (tertiary/aromatic N) is 1. The third-order valence-corrected chi connectivity index (χ3v) is 7.03. The molecule has 2 aliphatic rings. The van der Waals surface area contributed by atoms with Crippen LogP contribution in [0, 0.1) is 11.7 Å². The fourth-order valence-electron chi connectivity index (χ4n) is 3.24. The molecule has 1 saturated heterocycles. The largest absolute Gasteiger partial charge is 0.379 e. The van der Waals surface area contributed by atoms with E-state index in [2.05, 4.69) is 5.32 Å². The second-order valence-corrected chi connectivity index (χ2v) is 9.23. The minimum Gasteiger partial charge on any atom is -0.379 e. The van der Waals surface area contributed by atoms with Crippen molar-refractivity contribution in [3.8, 4) is 0 Å². The number of amides is 1. The van der Waals surface area contributed by atoms with E-state index in [1.54, 1.807) is 18.2 Å². The summed E-state index contributed by atoms with van der Waals surface area (Å²) in [5.41, 5.74) is -0.428. The SMILES string of the molecule is CN(C)S(=O)(=O)C[C@@H]1COC[C@@H]1NC(=O)C1(c2ccccc2F)CC1. The number of carbonyl (C=O) groups excluding carboxylic acids is 1. The highest BCUT2D eigenvalue weighted by Gasteiger charge is 2.53. The number of hydrogen-bond donors (Lipinski definition) is 1. The molecule has 1 N–H and O–H groups in total. The summed E-state index contributed by atoms with van der Waals surface area (Å²) in [7, 11) is -0.423. The molecule has 1 amide bonds. The zero-order valence-corrected chi connectivity index (χ0v) is 15.2. The van der Waals surface area contributed by atoms with Crippen molar-refractivity contribution in [2.75, 3.05) is 33.1 Å². The van der Waals surface area contributed by atoms with Crippen molar-refractivity contribution in [2.24, 2.45) is 5.92 Å². The lowest BCUT2D eigenvalue weighted by molar-refractivity contribution is -0.124. The Morgan fingerprint density at radius 3 is 2.60 bits per heavy atom. The number of ether oxygens (including phenoxy) is 1. The Morgan fingerprint density at radius 2 is 2.00 bits per heavy atom. The normalized spacial score (nSPS) is 25.1. The Kier molecular flexibility index (Phi) is 4.87. The number of benzene rings is 1. The molecule has 1 saturated carbocycles. The van der Waals surface area contributed by atoms with Crippen molar-refractivity contribution in [3.63, 3.8) is 0 Å². The van der Waals surface area contributed by atoms with E-state index in [0.717, 1.165) is 0 Å². The van der Waals surface area contributed by atoms with Gasteiger partial charge in [-0.15, -0.1) is 0 Å². The molecule has 0 radical (unpaired) electrons. The number of halogens is 1. The van der Waals surface area contributed by atoms with Gasteiger partial charge in [0, 0.05) is 25.6 Å². The van der Waals surface area contributed by atoms with Crippen LogP contribution >= 0.6 is 0 Å². The monoisotopic (exact) mass is 370 g/mol. The predicted octanol–water partition coefficient (Wildman–Crippen LogP) is 0.880. The molecule has 138 valence electrons. The molecule has 2 fully saturated rings. The molecule has 0 aromatic heterocycles. The van der Waals surface area contributed by atoms with Gasteiger partial charge in [-0.2, -0.15) is 0 Å². The second-order valence-electron chi connectivity index (χ2n) is 7.00. The average Bonchev–Trinajstić information content (AvgIpc) is 3.25. The Morgan fingerprint density at radius 1 is 1.32 bits per heavy atom. The topological polar surface area (TPSA) is 75.7 Å². The first-order chi connectivity index (χ1) is 11.8. The maximum absolute atomic E-state index is 14.1. The van der Waals surface area contributed by atoms with Gasteiger partial charge in [-0.05, 0) is 18.9 Å². The highest BCUT2D eigenvalue weighted by atomic mass is 32.2. The van der Waals surface area contributed by atoms with E-state index in [1.807, 2.05) is 0 Å². The molecule has 3 rings (SSSR count). The average molecular weight is 370 g/mol. The van der Waals surface area contributed by atoms with E-state index in [0.29, 0.717) is 18.4 Å². The van der Waals surface area contributed by atoms with Crippen molar-refractivity contribution < 1.29 is 22.3 Å². The van der Waals surface area contributed by atoms with Crippen molar-refractivity contribution in [1.29, 1.82) is 0 Å². The number of carbonyl (C=O) groups is 1. The van der Waals surface area contributed by atoms with Gasteiger partial charge >= 0.3 is 0 Å². The molecule has 0 spiro atoms. The van der Waals surface area contributed by atoms with Crippen LogP contribution in [-0.4, -0.2) is 57.7 Å². The Bertz CT molecular complexity index is 762. The summed E-state index contributed by atoms with van der Waals surface area (Å²) in [5, 5.41) is 2.91. The summed E-state index contributed by atoms with van der Waals surface area (Å²) >= 11 is 0. The first-order valence-corrected chi connectivity index (χ1v) is 9.91. The lowest BCUT2D eigenvalue weighted by Crippen LogP contribution is -2.47. The Balaban J connectivity index is 1.71. The predicted molar refractivity (Wildman–Crippen MR) is 91.0 cm³/mol. The summed E-state index contributed by atoms with van der Waals surface area (Å²) in [6.07, 6.45) is 1.18. The van der Waals surface area contributed by atoms with Crippen LogP contribution in [0.2, 0.25) is 0 Å². The Hall–Kier alpha value is -1.51. The molecule has 0 bridgehead atoms. The standard InChI is InChI=1S/C17H23FN2O4S/c1-20(2)25(22,23)11-12-9-24-10-15(12)19-16(21)17(7-8-17)13-5-3-4-6-14(13)18/h3-6,12,15H,7-11H2,1-2H3,(H,19,21)/t12-,15-/m0/s1. The molecule has 1 aromatic carbocycles. The molecule has 1 aromatic rings. The molecule has 1 heterocycles. The zero-order chi connectivity index (χ0) is 18.2. The summed E-state index contributed by atoms with van der Waals surface area (Å²) in [4.78, 5) is 12.8. The van der Waals surface area contributed by atoms with E-state index in [1.165, 1.54) is 24.5 Å². The Labute approximate surface area is 147 Å². The van der Waals surface area contributed by atoms with Gasteiger partial charge < -0.3 is 10.1 Å². The highest BCUT2D eigenvalue weighted by Crippen LogP contribution is 2.49. The van der Waals surface area contributed by atoms with Gasteiger partial charge in [0.25, 0.3) is 0 Å². The van der Waals surface area contributed by atoms with Gasteiger partial charge in [0.2, 0.25) is 15.9 Å².